The van der Waals surface area contributed by atoms with Gasteiger partial charge in [0.2, 0.25) is 5.91 Å². The van der Waals surface area contributed by atoms with Crippen LogP contribution < -0.4 is 10.6 Å². The number of nitrogens with zero attached hydrogens (tertiary/aromatic N) is 1. The van der Waals surface area contributed by atoms with Crippen LogP contribution in [0, 0.1) is 11.8 Å². The second-order valence-electron chi connectivity index (χ2n) is 6.38. The van der Waals surface area contributed by atoms with E-state index in [1.54, 1.807) is 30.5 Å². The largest absolute Gasteiger partial charge is 0.326 e. The lowest BCUT2D eigenvalue weighted by molar-refractivity contribution is -0.116. The Morgan fingerprint density at radius 2 is 1.72 bits per heavy atom. The van der Waals surface area contributed by atoms with Gasteiger partial charge in [-0.3, -0.25) is 9.59 Å². The normalized spacial score (nSPS) is 9.83. The van der Waals surface area contributed by atoms with Crippen molar-refractivity contribution in [2.45, 2.75) is 19.8 Å². The number of hydrogen-bond donors (Lipinski definition) is 2. The number of rotatable bonds is 5. The van der Waals surface area contributed by atoms with Crippen molar-refractivity contribution in [3.05, 3.63) is 89.7 Å². The van der Waals surface area contributed by atoms with Crippen molar-refractivity contribution in [3.63, 3.8) is 0 Å². The van der Waals surface area contributed by atoms with Crippen LogP contribution in [0.4, 0.5) is 11.4 Å². The van der Waals surface area contributed by atoms with Gasteiger partial charge in [-0.1, -0.05) is 25.0 Å². The molecule has 0 aliphatic heterocycles. The molecule has 0 atom stereocenters. The molecule has 0 fully saturated rings. The van der Waals surface area contributed by atoms with Gasteiger partial charge < -0.3 is 10.6 Å². The third kappa shape index (κ3) is 6.05. The number of benzene rings is 2. The molecule has 2 N–H and O–H groups in total. The first-order valence-corrected chi connectivity index (χ1v) is 9.38. The van der Waals surface area contributed by atoms with Gasteiger partial charge in [0.25, 0.3) is 5.91 Å². The van der Waals surface area contributed by atoms with Crippen LogP contribution in [0.1, 0.15) is 41.4 Å². The van der Waals surface area contributed by atoms with E-state index < -0.39 is 0 Å². The second-order valence-corrected chi connectivity index (χ2v) is 6.38. The number of amides is 2. The number of carbonyl (C=O) groups excluding carboxylic acids is 2. The lowest BCUT2D eigenvalue weighted by Gasteiger charge is -2.08. The molecule has 0 bridgehead atoms. The highest BCUT2D eigenvalue weighted by molar-refractivity contribution is 6.04. The van der Waals surface area contributed by atoms with Crippen LogP contribution in [0.25, 0.3) is 0 Å². The molecule has 2 amide bonds. The van der Waals surface area contributed by atoms with Crippen molar-refractivity contribution in [2.24, 2.45) is 0 Å². The summed E-state index contributed by atoms with van der Waals surface area (Å²) < 4.78 is 0. The highest BCUT2D eigenvalue weighted by atomic mass is 16.2. The van der Waals surface area contributed by atoms with Crippen LogP contribution in [0.15, 0.2) is 72.9 Å². The van der Waals surface area contributed by atoms with Gasteiger partial charge >= 0.3 is 0 Å². The highest BCUT2D eigenvalue weighted by Gasteiger charge is 2.07. The first kappa shape index (κ1) is 19.8. The summed E-state index contributed by atoms with van der Waals surface area (Å²) in [7, 11) is 0. The minimum Gasteiger partial charge on any atom is -0.326 e. The molecule has 1 heterocycles. The number of nitrogens with one attached hydrogen (secondary N) is 2. The SMILES string of the molecule is CCCC(=O)Nc1ccc(C(=O)Nc2cccc(C#Cc3ccccn3)c2)cc1. The predicted octanol–water partition coefficient (Wildman–Crippen LogP) is 4.47. The summed E-state index contributed by atoms with van der Waals surface area (Å²) in [5, 5.41) is 5.67. The Morgan fingerprint density at radius 1 is 0.897 bits per heavy atom. The average molecular weight is 383 g/mol. The van der Waals surface area contributed by atoms with Crippen molar-refractivity contribution in [1.82, 2.24) is 4.98 Å². The molecule has 29 heavy (non-hydrogen) atoms. The van der Waals surface area contributed by atoms with Crippen LogP contribution in [-0.4, -0.2) is 16.8 Å². The first-order valence-electron chi connectivity index (χ1n) is 9.38. The number of pyridine rings is 1. The van der Waals surface area contributed by atoms with E-state index in [4.69, 9.17) is 0 Å². The highest BCUT2D eigenvalue weighted by Crippen LogP contribution is 2.14. The van der Waals surface area contributed by atoms with Gasteiger partial charge in [0.1, 0.15) is 5.69 Å². The van der Waals surface area contributed by atoms with Gasteiger partial charge in [-0.25, -0.2) is 4.98 Å². The third-order valence-corrected chi connectivity index (χ3v) is 4.03. The number of hydrogen-bond acceptors (Lipinski definition) is 3. The minimum absolute atomic E-state index is 0.0340. The maximum absolute atomic E-state index is 12.5. The van der Waals surface area contributed by atoms with Crippen molar-refractivity contribution < 1.29 is 9.59 Å². The maximum atomic E-state index is 12.5. The lowest BCUT2D eigenvalue weighted by Crippen LogP contribution is -2.13. The van der Waals surface area contributed by atoms with Crippen LogP contribution in [0.5, 0.6) is 0 Å². The van der Waals surface area contributed by atoms with E-state index in [9.17, 15) is 9.59 Å². The summed E-state index contributed by atoms with van der Waals surface area (Å²) in [5.41, 5.74) is 3.30. The van der Waals surface area contributed by atoms with E-state index in [1.165, 1.54) is 0 Å². The zero-order valence-corrected chi connectivity index (χ0v) is 16.1. The van der Waals surface area contributed by atoms with Crippen LogP contribution in [-0.2, 0) is 4.79 Å². The van der Waals surface area contributed by atoms with Gasteiger partial charge in [-0.05, 0) is 66.9 Å². The molecule has 0 unspecified atom stereocenters. The Labute approximate surface area is 170 Å². The number of aromatic nitrogens is 1. The maximum Gasteiger partial charge on any atom is 0.255 e. The lowest BCUT2D eigenvalue weighted by atomic mass is 10.1. The van der Waals surface area contributed by atoms with Crippen LogP contribution in [0.3, 0.4) is 0 Å². The second kappa shape index (κ2) is 9.86. The number of carbonyl (C=O) groups is 2. The van der Waals surface area contributed by atoms with Gasteiger partial charge in [-0.15, -0.1) is 0 Å². The molecule has 0 aliphatic rings. The first-order chi connectivity index (χ1) is 14.1. The summed E-state index contributed by atoms with van der Waals surface area (Å²) in [5.74, 6) is 5.78. The molecule has 3 aromatic rings. The van der Waals surface area contributed by atoms with E-state index in [0.717, 1.165) is 12.0 Å². The zero-order chi connectivity index (χ0) is 20.5. The molecular weight excluding hydrogens is 362 g/mol. The Balaban J connectivity index is 1.65. The van der Waals surface area contributed by atoms with Crippen molar-refractivity contribution in [2.75, 3.05) is 10.6 Å². The molecule has 2 aromatic carbocycles. The molecule has 0 radical (unpaired) electrons. The van der Waals surface area contributed by atoms with E-state index in [1.807, 2.05) is 49.4 Å². The molecule has 0 saturated carbocycles. The molecule has 1 aromatic heterocycles. The molecule has 0 spiro atoms. The number of anilines is 2. The van der Waals surface area contributed by atoms with Crippen molar-refractivity contribution in [3.8, 4) is 11.8 Å². The van der Waals surface area contributed by atoms with Gasteiger partial charge in [0.05, 0.1) is 0 Å². The van der Waals surface area contributed by atoms with Crippen LogP contribution in [0.2, 0.25) is 0 Å². The molecule has 3 rings (SSSR count). The van der Waals surface area contributed by atoms with E-state index in [2.05, 4.69) is 27.5 Å². The van der Waals surface area contributed by atoms with Crippen molar-refractivity contribution >= 4 is 23.2 Å². The fourth-order valence-electron chi connectivity index (χ4n) is 2.61. The Hall–Kier alpha value is -3.91. The summed E-state index contributed by atoms with van der Waals surface area (Å²) in [4.78, 5) is 28.3. The molecular formula is C24H21N3O2. The molecule has 5 heteroatoms. The Kier molecular flexibility index (Phi) is 6.75. The summed E-state index contributed by atoms with van der Waals surface area (Å²) in [6.45, 7) is 1.95. The van der Waals surface area contributed by atoms with E-state index in [0.29, 0.717) is 29.1 Å². The van der Waals surface area contributed by atoms with Crippen LogP contribution >= 0.6 is 0 Å². The van der Waals surface area contributed by atoms with Gasteiger partial charge in [0.15, 0.2) is 0 Å². The topological polar surface area (TPSA) is 71.1 Å². The molecule has 0 saturated heterocycles. The monoisotopic (exact) mass is 383 g/mol. The fourth-order valence-corrected chi connectivity index (χ4v) is 2.61. The van der Waals surface area contributed by atoms with Gasteiger partial charge in [-0.2, -0.15) is 0 Å². The minimum atomic E-state index is -0.230. The van der Waals surface area contributed by atoms with Gasteiger partial charge in [0, 0.05) is 35.1 Å². The summed E-state index contributed by atoms with van der Waals surface area (Å²) in [6, 6.07) is 19.7. The Morgan fingerprint density at radius 3 is 2.45 bits per heavy atom. The molecule has 144 valence electrons. The standard InChI is InChI=1S/C24H21N3O2/c1-2-6-23(28)26-21-14-11-19(12-15-21)24(29)27-22-9-5-7-18(17-22)10-13-20-8-3-4-16-25-20/h3-5,7-9,11-12,14-17H,2,6H2,1H3,(H,26,28)(H,27,29). The zero-order valence-electron chi connectivity index (χ0n) is 16.1. The molecule has 5 nitrogen and oxygen atoms in total. The third-order valence-electron chi connectivity index (χ3n) is 4.03. The Bertz CT molecular complexity index is 1050. The van der Waals surface area contributed by atoms with E-state index in [-0.39, 0.29) is 11.8 Å². The summed E-state index contributed by atoms with van der Waals surface area (Å²) >= 11 is 0. The summed E-state index contributed by atoms with van der Waals surface area (Å²) in [6.07, 6.45) is 2.96. The van der Waals surface area contributed by atoms with E-state index >= 15 is 0 Å². The predicted molar refractivity (Wildman–Crippen MR) is 115 cm³/mol. The average Bonchev–Trinajstić information content (AvgIpc) is 2.74. The molecule has 0 aliphatic carbocycles. The van der Waals surface area contributed by atoms with Crippen molar-refractivity contribution in [1.29, 1.82) is 0 Å². The fraction of sp³-hybridized carbons (Fsp3) is 0.125. The quantitative estimate of drug-likeness (QED) is 0.639. The smallest absolute Gasteiger partial charge is 0.255 e.